The molecule has 1 aromatic rings. The molecule has 0 bridgehead atoms. The third-order valence-corrected chi connectivity index (χ3v) is 5.65. The molecular weight excluding hydrogens is 272 g/mol. The molecule has 0 aliphatic carbocycles. The molecule has 0 aliphatic rings. The molecule has 1 aromatic heterocycles. The monoisotopic (exact) mass is 298 g/mol. The molecule has 114 valence electrons. The van der Waals surface area contributed by atoms with Crippen molar-refractivity contribution in [2.24, 2.45) is 0 Å². The molecule has 0 radical (unpaired) electrons. The van der Waals surface area contributed by atoms with Crippen molar-refractivity contribution in [3.05, 3.63) is 11.4 Å². The fourth-order valence-corrected chi connectivity index (χ4v) is 2.97. The van der Waals surface area contributed by atoms with Crippen molar-refractivity contribution in [2.75, 3.05) is 18.5 Å². The Kier molecular flexibility index (Phi) is 5.92. The first-order valence-corrected chi connectivity index (χ1v) is 8.23. The number of hydrogen-bond acceptors (Lipinski definition) is 4. The number of nitrogens with one attached hydrogen (secondary N) is 1. The summed E-state index contributed by atoms with van der Waals surface area (Å²) in [4.78, 5) is 12.1. The van der Waals surface area contributed by atoms with E-state index in [9.17, 15) is 4.79 Å². The minimum absolute atomic E-state index is 0.0177. The number of rotatable bonds is 7. The van der Waals surface area contributed by atoms with E-state index in [1.54, 1.807) is 4.68 Å². The predicted octanol–water partition coefficient (Wildman–Crippen LogP) is 2.12. The molecule has 0 saturated carbocycles. The maximum absolute atomic E-state index is 12.1. The van der Waals surface area contributed by atoms with E-state index in [-0.39, 0.29) is 17.2 Å². The fourth-order valence-electron chi connectivity index (χ4n) is 2.18. The largest absolute Gasteiger partial charge is 0.396 e. The van der Waals surface area contributed by atoms with E-state index in [0.717, 1.165) is 24.2 Å². The van der Waals surface area contributed by atoms with Gasteiger partial charge in [-0.1, -0.05) is 13.8 Å². The zero-order chi connectivity index (χ0) is 15.3. The molecular formula is C14H26N4OS. The van der Waals surface area contributed by atoms with Crippen LogP contribution in [0.1, 0.15) is 38.1 Å². The van der Waals surface area contributed by atoms with Gasteiger partial charge in [-0.25, -0.2) is 0 Å². The van der Waals surface area contributed by atoms with E-state index in [4.69, 9.17) is 5.73 Å². The van der Waals surface area contributed by atoms with Gasteiger partial charge >= 0.3 is 0 Å². The lowest BCUT2D eigenvalue weighted by atomic mass is 10.0. The second-order valence-corrected chi connectivity index (χ2v) is 6.39. The van der Waals surface area contributed by atoms with Crippen molar-refractivity contribution >= 4 is 23.4 Å². The molecule has 0 spiro atoms. The Morgan fingerprint density at radius 3 is 2.40 bits per heavy atom. The van der Waals surface area contributed by atoms with Crippen molar-refractivity contribution in [1.82, 2.24) is 15.1 Å². The average molecular weight is 298 g/mol. The van der Waals surface area contributed by atoms with Crippen LogP contribution in [0.4, 0.5) is 5.69 Å². The van der Waals surface area contributed by atoms with Crippen molar-refractivity contribution in [3.8, 4) is 0 Å². The molecule has 0 aromatic carbocycles. The Balaban J connectivity index is 2.62. The number of nitrogens with two attached hydrogens (primary N) is 1. The van der Waals surface area contributed by atoms with Gasteiger partial charge in [0.15, 0.2) is 0 Å². The smallest absolute Gasteiger partial charge is 0.241 e. The Morgan fingerprint density at radius 2 is 2.00 bits per heavy atom. The number of thioether (sulfide) groups is 1. The van der Waals surface area contributed by atoms with Crippen LogP contribution < -0.4 is 11.1 Å². The molecule has 1 amide bonds. The van der Waals surface area contributed by atoms with Crippen LogP contribution >= 0.6 is 11.8 Å². The topological polar surface area (TPSA) is 72.9 Å². The normalized spacial score (nSPS) is 11.7. The van der Waals surface area contributed by atoms with Crippen LogP contribution in [0.15, 0.2) is 0 Å². The lowest BCUT2D eigenvalue weighted by Crippen LogP contribution is -2.41. The Bertz CT molecular complexity index is 458. The summed E-state index contributed by atoms with van der Waals surface area (Å²) in [5, 5.41) is 7.30. The van der Waals surface area contributed by atoms with Gasteiger partial charge in [-0.2, -0.15) is 16.9 Å². The van der Waals surface area contributed by atoms with Gasteiger partial charge in [-0.05, 0) is 32.9 Å². The van der Waals surface area contributed by atoms with E-state index >= 15 is 0 Å². The lowest BCUT2D eigenvalue weighted by Gasteiger charge is -2.29. The van der Waals surface area contributed by atoms with Gasteiger partial charge in [0.1, 0.15) is 6.54 Å². The van der Waals surface area contributed by atoms with Crippen LogP contribution in [0.5, 0.6) is 0 Å². The highest BCUT2D eigenvalue weighted by atomic mass is 32.2. The van der Waals surface area contributed by atoms with E-state index < -0.39 is 0 Å². The molecule has 6 heteroatoms. The molecule has 0 aliphatic heterocycles. The first-order valence-electron chi connectivity index (χ1n) is 7.00. The van der Waals surface area contributed by atoms with E-state index in [1.807, 2.05) is 25.6 Å². The van der Waals surface area contributed by atoms with Gasteiger partial charge in [-0.15, -0.1) is 0 Å². The maximum Gasteiger partial charge on any atom is 0.241 e. The van der Waals surface area contributed by atoms with Crippen LogP contribution in [-0.4, -0.2) is 33.2 Å². The van der Waals surface area contributed by atoms with Crippen molar-refractivity contribution in [1.29, 1.82) is 0 Å². The Labute approximate surface area is 125 Å². The molecule has 5 nitrogen and oxygen atoms in total. The third kappa shape index (κ3) is 3.69. The second-order valence-electron chi connectivity index (χ2n) is 5.11. The number of nitrogen functional groups attached to an aromatic ring is 1. The summed E-state index contributed by atoms with van der Waals surface area (Å²) in [5.41, 5.74) is 8.15. The van der Waals surface area contributed by atoms with Gasteiger partial charge in [0.05, 0.1) is 17.1 Å². The SMILES string of the molecule is CCC(CC)(CNC(=O)Cn1nc(C)c(N)c1C)SC. The van der Waals surface area contributed by atoms with Crippen LogP contribution in [0.25, 0.3) is 0 Å². The van der Waals surface area contributed by atoms with Crippen molar-refractivity contribution in [3.63, 3.8) is 0 Å². The maximum atomic E-state index is 12.1. The third-order valence-electron chi connectivity index (χ3n) is 4.06. The summed E-state index contributed by atoms with van der Waals surface area (Å²) in [6.45, 7) is 8.97. The van der Waals surface area contributed by atoms with Gasteiger partial charge in [0.2, 0.25) is 5.91 Å². The first kappa shape index (κ1) is 16.9. The molecule has 0 atom stereocenters. The van der Waals surface area contributed by atoms with E-state index in [1.165, 1.54) is 0 Å². The minimum atomic E-state index is -0.0177. The van der Waals surface area contributed by atoms with Crippen LogP contribution in [0.3, 0.4) is 0 Å². The molecule has 0 unspecified atom stereocenters. The lowest BCUT2D eigenvalue weighted by molar-refractivity contribution is -0.122. The first-order chi connectivity index (χ1) is 9.39. The highest BCUT2D eigenvalue weighted by Gasteiger charge is 2.25. The van der Waals surface area contributed by atoms with Crippen LogP contribution in [-0.2, 0) is 11.3 Å². The van der Waals surface area contributed by atoms with Crippen LogP contribution in [0.2, 0.25) is 0 Å². The second kappa shape index (κ2) is 7.02. The van der Waals surface area contributed by atoms with Gasteiger partial charge in [0, 0.05) is 11.3 Å². The fraction of sp³-hybridized carbons (Fsp3) is 0.714. The standard InChI is InChI=1S/C14H26N4OS/c1-6-14(7-2,20-5)9-16-12(19)8-18-11(4)13(15)10(3)17-18/h6-9,15H2,1-5H3,(H,16,19). The number of amides is 1. The summed E-state index contributed by atoms with van der Waals surface area (Å²) in [6.07, 6.45) is 4.18. The highest BCUT2D eigenvalue weighted by Crippen LogP contribution is 2.29. The summed E-state index contributed by atoms with van der Waals surface area (Å²) < 4.78 is 1.79. The number of nitrogens with zero attached hydrogens (tertiary/aromatic N) is 2. The van der Waals surface area contributed by atoms with E-state index in [2.05, 4.69) is 30.5 Å². The molecule has 1 rings (SSSR count). The molecule has 20 heavy (non-hydrogen) atoms. The zero-order valence-electron chi connectivity index (χ0n) is 13.1. The van der Waals surface area contributed by atoms with Crippen molar-refractivity contribution < 1.29 is 4.79 Å². The number of aryl methyl sites for hydroxylation is 1. The summed E-state index contributed by atoms with van der Waals surface area (Å²) in [7, 11) is 0. The zero-order valence-corrected chi connectivity index (χ0v) is 13.9. The molecule has 1 heterocycles. The van der Waals surface area contributed by atoms with Gasteiger partial charge in [-0.3, -0.25) is 9.48 Å². The molecule has 0 fully saturated rings. The number of hydrogen-bond donors (Lipinski definition) is 2. The predicted molar refractivity (Wildman–Crippen MR) is 86.0 cm³/mol. The summed E-state index contributed by atoms with van der Waals surface area (Å²) in [5.74, 6) is -0.0177. The Morgan fingerprint density at radius 1 is 1.40 bits per heavy atom. The summed E-state index contributed by atoms with van der Waals surface area (Å²) in [6, 6.07) is 0. The molecule has 3 N–H and O–H groups in total. The van der Waals surface area contributed by atoms with E-state index in [0.29, 0.717) is 12.2 Å². The number of carbonyl (C=O) groups excluding carboxylic acids is 1. The van der Waals surface area contributed by atoms with Gasteiger partial charge < -0.3 is 11.1 Å². The van der Waals surface area contributed by atoms with Gasteiger partial charge in [0.25, 0.3) is 0 Å². The quantitative estimate of drug-likeness (QED) is 0.808. The van der Waals surface area contributed by atoms with Crippen LogP contribution in [0, 0.1) is 13.8 Å². The average Bonchev–Trinajstić information content (AvgIpc) is 2.68. The number of anilines is 1. The Hall–Kier alpha value is -1.17. The number of carbonyl (C=O) groups is 1. The summed E-state index contributed by atoms with van der Waals surface area (Å²) >= 11 is 1.82. The van der Waals surface area contributed by atoms with Crippen molar-refractivity contribution in [2.45, 2.75) is 51.8 Å². The molecule has 0 saturated heterocycles. The number of aromatic nitrogens is 2. The highest BCUT2D eigenvalue weighted by molar-refractivity contribution is 8.00. The minimum Gasteiger partial charge on any atom is -0.396 e.